The van der Waals surface area contributed by atoms with Gasteiger partial charge in [-0.05, 0) is 0 Å². The van der Waals surface area contributed by atoms with Gasteiger partial charge in [-0.3, -0.25) is 4.79 Å². The third-order valence-electron chi connectivity index (χ3n) is 0. The number of hydrogen-bond acceptors (Lipinski definition) is 1. The van der Waals surface area contributed by atoms with E-state index in [2.05, 4.69) is 5.73 Å². The Balaban J connectivity index is 0. The van der Waals surface area contributed by atoms with Gasteiger partial charge in [0.2, 0.25) is 6.41 Å². The molecule has 4 radical (unpaired) electrons. The number of nitrogens with two attached hydrogens (primary N) is 1. The Bertz CT molecular complexity index is 15.5. The molecule has 0 unspecified atom stereocenters. The second-order valence-electron chi connectivity index (χ2n) is 0.136. The maximum atomic E-state index is 8.58. The van der Waals surface area contributed by atoms with Crippen LogP contribution in [0.25, 0.3) is 0 Å². The van der Waals surface area contributed by atoms with Crippen molar-refractivity contribution < 1.29 is 4.79 Å². The molecule has 0 aliphatic heterocycles. The molecule has 0 rings (SSSR count). The molecule has 4 heavy (non-hydrogen) atoms. The topological polar surface area (TPSA) is 43.1 Å². The molecule has 0 saturated carbocycles. The third-order valence-corrected chi connectivity index (χ3v) is 0. The van der Waals surface area contributed by atoms with Gasteiger partial charge in [0.15, 0.2) is 0 Å². The molecule has 0 saturated heterocycles. The van der Waals surface area contributed by atoms with Gasteiger partial charge in [0.1, 0.15) is 0 Å². The first-order valence-electron chi connectivity index (χ1n) is 0.569. The van der Waals surface area contributed by atoms with Crippen LogP contribution in [0.3, 0.4) is 0 Å². The van der Waals surface area contributed by atoms with Gasteiger partial charge in [-0.2, -0.15) is 0 Å². The summed E-state index contributed by atoms with van der Waals surface area (Å²) in [4.78, 5) is 8.58. The molecular weight excluding hydrogens is 161 g/mol. The normalized spacial score (nSPS) is 3.00. The third kappa shape index (κ3) is 50.6. The molecule has 0 aliphatic rings. The zero-order chi connectivity index (χ0) is 2.71. The number of carbonyl (C=O) groups excluding carboxylic acids is 1. The maximum absolute atomic E-state index is 8.58. The van der Waals surface area contributed by atoms with Crippen LogP contribution in [0.5, 0.6) is 0 Å². The molecule has 0 fully saturated rings. The largest absolute Gasteiger partial charge is 0.372 e. The van der Waals surface area contributed by atoms with Crippen molar-refractivity contribution in [1.29, 1.82) is 0 Å². The number of rotatable bonds is 0. The molecule has 2 nitrogen and oxygen atoms in total. The Morgan fingerprint density at radius 1 is 1.75 bits per heavy atom. The predicted molar refractivity (Wildman–Crippen MR) is 16.0 cm³/mol. The minimum absolute atomic E-state index is 0. The van der Waals surface area contributed by atoms with Crippen LogP contribution in [-0.2, 0) is 4.79 Å². The fraction of sp³-hybridized carbons (Fsp3) is 0. The second kappa shape index (κ2) is 10.5. The van der Waals surface area contributed by atoms with E-state index in [0.717, 1.165) is 0 Å². The molecule has 0 atom stereocenters. The Morgan fingerprint density at radius 2 is 1.75 bits per heavy atom. The van der Waals surface area contributed by atoms with Gasteiger partial charge in [-0.15, -0.1) is 0 Å². The van der Waals surface area contributed by atoms with Gasteiger partial charge in [-0.1, -0.05) is 0 Å². The van der Waals surface area contributed by atoms with Gasteiger partial charge < -0.3 is 5.73 Å². The van der Waals surface area contributed by atoms with Gasteiger partial charge in [0, 0.05) is 23.9 Å². The summed E-state index contributed by atoms with van der Waals surface area (Å²) >= 11 is 0. The van der Waals surface area contributed by atoms with Crippen LogP contribution < -0.4 is 5.73 Å². The fourth-order valence-corrected chi connectivity index (χ4v) is 0. The molecule has 0 aromatic carbocycles. The van der Waals surface area contributed by atoms with Crippen molar-refractivity contribution in [1.82, 2.24) is 0 Å². The van der Waals surface area contributed by atoms with Crippen molar-refractivity contribution in [3.05, 3.63) is 0 Å². The predicted octanol–water partition coefficient (Wildman–Crippen LogP) is -1.28. The molecule has 3 heteroatoms. The van der Waals surface area contributed by atoms with Crippen LogP contribution in [0.15, 0.2) is 0 Å². The van der Waals surface area contributed by atoms with Crippen molar-refractivity contribution in [2.75, 3.05) is 0 Å². The van der Waals surface area contributed by atoms with E-state index in [-0.39, 0.29) is 30.3 Å². The summed E-state index contributed by atoms with van der Waals surface area (Å²) in [5.74, 6) is 0. The number of amides is 1. The molecule has 0 aromatic heterocycles. The van der Waals surface area contributed by atoms with Crippen molar-refractivity contribution in [2.45, 2.75) is 0 Å². The number of primary amides is 1. The van der Waals surface area contributed by atoms with Crippen molar-refractivity contribution >= 4 is 30.3 Å². The van der Waals surface area contributed by atoms with Gasteiger partial charge >= 0.3 is 0 Å². The molecule has 0 bridgehead atoms. The second-order valence-corrected chi connectivity index (χ2v) is 0.136. The first kappa shape index (κ1) is 8.86. The maximum Gasteiger partial charge on any atom is 0.204 e. The molecule has 0 aliphatic carbocycles. The zero-order valence-corrected chi connectivity index (χ0v) is 4.92. The molecule has 1 amide bonds. The van der Waals surface area contributed by atoms with Crippen molar-refractivity contribution in [3.63, 3.8) is 0 Å². The number of carbonyl (C=O) groups is 1. The summed E-state index contributed by atoms with van der Waals surface area (Å²) in [7, 11) is 0. The minimum Gasteiger partial charge on any atom is -0.372 e. The van der Waals surface area contributed by atoms with Crippen LogP contribution in [0.2, 0.25) is 0 Å². The van der Waals surface area contributed by atoms with Gasteiger partial charge in [-0.25, -0.2) is 0 Å². The Morgan fingerprint density at radius 3 is 1.75 bits per heavy atom. The van der Waals surface area contributed by atoms with Crippen molar-refractivity contribution in [3.8, 4) is 0 Å². The summed E-state index contributed by atoms with van der Waals surface area (Å²) in [6.45, 7) is 0. The molecule has 22 valence electrons. The number of hydrogen-bond donors (Lipinski definition) is 1. The van der Waals surface area contributed by atoms with E-state index in [0.29, 0.717) is 0 Å². The minimum atomic E-state index is 0. The van der Waals surface area contributed by atoms with Gasteiger partial charge in [0.05, 0.1) is 0 Å². The van der Waals surface area contributed by atoms with Gasteiger partial charge in [0.25, 0.3) is 0 Å². The first-order valence-corrected chi connectivity index (χ1v) is 0.569. The molecule has 0 spiro atoms. The summed E-state index contributed by atoms with van der Waals surface area (Å²) < 4.78 is 0. The Hall–Kier alpha value is 0.269. The van der Waals surface area contributed by atoms with E-state index in [1.54, 1.807) is 0 Å². The standard InChI is InChI=1S/CH3NO.Sn/c2-1-3;/h1H,(H2,2,3);. The van der Waals surface area contributed by atoms with Crippen molar-refractivity contribution in [2.24, 2.45) is 5.73 Å². The molecule has 0 heterocycles. The quantitative estimate of drug-likeness (QED) is 0.351. The summed E-state index contributed by atoms with van der Waals surface area (Å²) in [6, 6.07) is 0. The average Bonchev–Trinajstić information content (AvgIpc) is 0.918. The van der Waals surface area contributed by atoms with Crippen LogP contribution in [0.1, 0.15) is 0 Å². The molecular formula is CH3NOSn. The smallest absolute Gasteiger partial charge is 0.204 e. The summed E-state index contributed by atoms with van der Waals surface area (Å²) in [5.41, 5.74) is 4.17. The average molecular weight is 164 g/mol. The van der Waals surface area contributed by atoms with E-state index in [1.807, 2.05) is 0 Å². The van der Waals surface area contributed by atoms with Crippen LogP contribution in [-0.4, -0.2) is 30.3 Å². The van der Waals surface area contributed by atoms with E-state index in [9.17, 15) is 0 Å². The van der Waals surface area contributed by atoms with Crippen LogP contribution in [0, 0.1) is 0 Å². The van der Waals surface area contributed by atoms with E-state index < -0.39 is 0 Å². The van der Waals surface area contributed by atoms with E-state index >= 15 is 0 Å². The zero-order valence-electron chi connectivity index (χ0n) is 2.06. The van der Waals surface area contributed by atoms with Crippen LogP contribution in [0.4, 0.5) is 0 Å². The first-order chi connectivity index (χ1) is 1.41. The fourth-order valence-electron chi connectivity index (χ4n) is 0. The summed E-state index contributed by atoms with van der Waals surface area (Å²) in [5, 5.41) is 0. The SMILES string of the molecule is NC=O.[Sn]. The monoisotopic (exact) mass is 165 g/mol. The Labute approximate surface area is 41.3 Å². The molecule has 2 N–H and O–H groups in total. The van der Waals surface area contributed by atoms with Crippen LogP contribution >= 0.6 is 0 Å². The van der Waals surface area contributed by atoms with E-state index in [4.69, 9.17) is 4.79 Å². The Kier molecular flexibility index (Phi) is 23.2. The van der Waals surface area contributed by atoms with E-state index in [1.165, 1.54) is 0 Å². The summed E-state index contributed by atoms with van der Waals surface area (Å²) in [6.07, 6.45) is 0.250. The molecule has 0 aromatic rings.